The molecule has 0 atom stereocenters. The molecule has 2 rings (SSSR count). The molecule has 1 amide bonds. The molecule has 0 spiro atoms. The minimum absolute atomic E-state index is 0.0762. The molecule has 4 nitrogen and oxygen atoms in total. The molecule has 1 aliphatic rings. The van der Waals surface area contributed by atoms with Crippen LogP contribution in [0.25, 0.3) is 0 Å². The summed E-state index contributed by atoms with van der Waals surface area (Å²) in [5, 5.41) is 3.04. The highest BCUT2D eigenvalue weighted by atomic mass is 32.1. The summed E-state index contributed by atoms with van der Waals surface area (Å²) in [6.45, 7) is 8.78. The maximum Gasteiger partial charge on any atom is 0.255 e. The highest BCUT2D eigenvalue weighted by molar-refractivity contribution is 7.80. The SMILES string of the molecule is C=CCN(CC=C)C(=O)c1ccccc1C1=NCC(=S)N1. The Kier molecular flexibility index (Phi) is 5.00. The minimum atomic E-state index is -0.0762. The van der Waals surface area contributed by atoms with E-state index in [0.29, 0.717) is 36.0 Å². The van der Waals surface area contributed by atoms with Crippen LogP contribution in [0.15, 0.2) is 54.6 Å². The number of aliphatic imine (C=N–C) groups is 1. The number of carbonyl (C=O) groups excluding carboxylic acids is 1. The van der Waals surface area contributed by atoms with Crippen molar-refractivity contribution in [3.05, 3.63) is 60.7 Å². The summed E-state index contributed by atoms with van der Waals surface area (Å²) >= 11 is 5.09. The second-order valence-corrected chi connectivity index (χ2v) is 5.04. The first-order valence-corrected chi connectivity index (χ1v) is 7.03. The monoisotopic (exact) mass is 299 g/mol. The largest absolute Gasteiger partial charge is 0.333 e. The zero-order chi connectivity index (χ0) is 15.2. The van der Waals surface area contributed by atoms with Crippen LogP contribution >= 0.6 is 12.2 Å². The molecule has 1 aromatic carbocycles. The van der Waals surface area contributed by atoms with Crippen molar-refractivity contribution in [2.75, 3.05) is 19.6 Å². The first-order valence-electron chi connectivity index (χ1n) is 6.62. The van der Waals surface area contributed by atoms with Crippen LogP contribution in [0, 0.1) is 0 Å². The van der Waals surface area contributed by atoms with Gasteiger partial charge in [0.15, 0.2) is 0 Å². The molecule has 0 bridgehead atoms. The third-order valence-corrected chi connectivity index (χ3v) is 3.27. The smallest absolute Gasteiger partial charge is 0.255 e. The molecule has 0 aliphatic carbocycles. The second kappa shape index (κ2) is 6.95. The number of nitrogens with one attached hydrogen (secondary N) is 1. The van der Waals surface area contributed by atoms with Crippen LogP contribution in [0.1, 0.15) is 15.9 Å². The van der Waals surface area contributed by atoms with Gasteiger partial charge in [-0.05, 0) is 6.07 Å². The third-order valence-electron chi connectivity index (χ3n) is 3.04. The van der Waals surface area contributed by atoms with E-state index in [4.69, 9.17) is 12.2 Å². The summed E-state index contributed by atoms with van der Waals surface area (Å²) in [5.74, 6) is 0.578. The highest BCUT2D eigenvalue weighted by Crippen LogP contribution is 2.14. The summed E-state index contributed by atoms with van der Waals surface area (Å²) in [7, 11) is 0. The Morgan fingerprint density at radius 1 is 1.33 bits per heavy atom. The van der Waals surface area contributed by atoms with Gasteiger partial charge in [-0.3, -0.25) is 9.79 Å². The Bertz CT molecular complexity index is 612. The van der Waals surface area contributed by atoms with E-state index in [1.54, 1.807) is 23.1 Å². The van der Waals surface area contributed by atoms with Gasteiger partial charge < -0.3 is 10.2 Å². The van der Waals surface area contributed by atoms with Gasteiger partial charge in [-0.2, -0.15) is 0 Å². The predicted octanol–water partition coefficient (Wildman–Crippen LogP) is 2.18. The van der Waals surface area contributed by atoms with Gasteiger partial charge in [-0.15, -0.1) is 13.2 Å². The van der Waals surface area contributed by atoms with Crippen LogP contribution in [0.5, 0.6) is 0 Å². The lowest BCUT2D eigenvalue weighted by Crippen LogP contribution is -2.33. The Morgan fingerprint density at radius 3 is 2.57 bits per heavy atom. The number of rotatable bonds is 6. The van der Waals surface area contributed by atoms with Crippen molar-refractivity contribution in [2.45, 2.75) is 0 Å². The number of amidine groups is 1. The number of carbonyl (C=O) groups is 1. The van der Waals surface area contributed by atoms with Gasteiger partial charge in [-0.25, -0.2) is 0 Å². The Hall–Kier alpha value is -2.27. The van der Waals surface area contributed by atoms with E-state index in [-0.39, 0.29) is 5.91 Å². The van der Waals surface area contributed by atoms with Crippen molar-refractivity contribution in [2.24, 2.45) is 4.99 Å². The van der Waals surface area contributed by atoms with E-state index < -0.39 is 0 Å². The number of hydrogen-bond acceptors (Lipinski definition) is 3. The normalized spacial score (nSPS) is 13.3. The zero-order valence-electron chi connectivity index (χ0n) is 11.7. The average molecular weight is 299 g/mol. The third kappa shape index (κ3) is 3.44. The first kappa shape index (κ1) is 15.1. The van der Waals surface area contributed by atoms with E-state index in [0.717, 1.165) is 5.56 Å². The number of nitrogens with zero attached hydrogens (tertiary/aromatic N) is 2. The maximum atomic E-state index is 12.7. The van der Waals surface area contributed by atoms with Gasteiger partial charge >= 0.3 is 0 Å². The standard InChI is InChI=1S/C16H17N3OS/c1-3-9-19(10-4-2)16(20)13-8-6-5-7-12(13)15-17-11-14(21)18-15/h3-8H,1-2,9-11H2,(H,17,18,21). The molecule has 5 heteroatoms. The van der Waals surface area contributed by atoms with Crippen LogP contribution in [0.2, 0.25) is 0 Å². The van der Waals surface area contributed by atoms with Gasteiger partial charge in [0.25, 0.3) is 5.91 Å². The zero-order valence-corrected chi connectivity index (χ0v) is 12.5. The fraction of sp³-hybridized carbons (Fsp3) is 0.188. The molecule has 0 aromatic heterocycles. The topological polar surface area (TPSA) is 44.7 Å². The van der Waals surface area contributed by atoms with Crippen LogP contribution in [0.4, 0.5) is 0 Å². The van der Waals surface area contributed by atoms with Crippen molar-refractivity contribution in [3.8, 4) is 0 Å². The number of hydrogen-bond donors (Lipinski definition) is 1. The molecule has 0 unspecified atom stereocenters. The summed E-state index contributed by atoms with van der Waals surface area (Å²) in [4.78, 5) is 19.4. The summed E-state index contributed by atoms with van der Waals surface area (Å²) in [6, 6.07) is 7.38. The fourth-order valence-electron chi connectivity index (χ4n) is 2.11. The second-order valence-electron chi connectivity index (χ2n) is 4.55. The number of amides is 1. The van der Waals surface area contributed by atoms with Gasteiger partial charge in [0.1, 0.15) is 10.8 Å². The van der Waals surface area contributed by atoms with Crippen LogP contribution in [-0.4, -0.2) is 41.3 Å². The van der Waals surface area contributed by atoms with Crippen molar-refractivity contribution >= 4 is 28.9 Å². The average Bonchev–Trinajstić information content (AvgIpc) is 2.93. The summed E-state index contributed by atoms with van der Waals surface area (Å²) in [6.07, 6.45) is 3.40. The van der Waals surface area contributed by atoms with Gasteiger partial charge in [-0.1, -0.05) is 42.6 Å². The Morgan fingerprint density at radius 2 is 2.00 bits per heavy atom. The Balaban J connectivity index is 2.34. The summed E-state index contributed by atoms with van der Waals surface area (Å²) < 4.78 is 0. The van der Waals surface area contributed by atoms with Gasteiger partial charge in [0, 0.05) is 18.7 Å². The van der Waals surface area contributed by atoms with E-state index in [9.17, 15) is 4.79 Å². The van der Waals surface area contributed by atoms with Gasteiger partial charge in [0.05, 0.1) is 12.1 Å². The van der Waals surface area contributed by atoms with E-state index in [1.807, 2.05) is 18.2 Å². The van der Waals surface area contributed by atoms with Crippen molar-refractivity contribution in [1.29, 1.82) is 0 Å². The molecular weight excluding hydrogens is 282 g/mol. The van der Waals surface area contributed by atoms with Crippen molar-refractivity contribution < 1.29 is 4.79 Å². The lowest BCUT2D eigenvalue weighted by molar-refractivity contribution is 0.0790. The highest BCUT2D eigenvalue weighted by Gasteiger charge is 2.21. The quantitative estimate of drug-likeness (QED) is 0.647. The molecule has 1 heterocycles. The van der Waals surface area contributed by atoms with Crippen LogP contribution in [0.3, 0.4) is 0 Å². The molecule has 0 radical (unpaired) electrons. The molecule has 0 saturated carbocycles. The molecule has 1 aliphatic heterocycles. The fourth-order valence-corrected chi connectivity index (χ4v) is 2.27. The molecule has 0 fully saturated rings. The molecular formula is C16H17N3OS. The molecule has 0 saturated heterocycles. The van der Waals surface area contributed by atoms with E-state index in [2.05, 4.69) is 23.5 Å². The predicted molar refractivity (Wildman–Crippen MR) is 89.9 cm³/mol. The van der Waals surface area contributed by atoms with E-state index >= 15 is 0 Å². The van der Waals surface area contributed by atoms with Gasteiger partial charge in [0.2, 0.25) is 0 Å². The first-order chi connectivity index (χ1) is 10.2. The van der Waals surface area contributed by atoms with E-state index in [1.165, 1.54) is 0 Å². The molecule has 1 N–H and O–H groups in total. The number of benzene rings is 1. The van der Waals surface area contributed by atoms with Crippen LogP contribution < -0.4 is 5.32 Å². The van der Waals surface area contributed by atoms with Crippen molar-refractivity contribution in [1.82, 2.24) is 10.2 Å². The molecule has 1 aromatic rings. The molecule has 108 valence electrons. The maximum absolute atomic E-state index is 12.7. The number of thiocarbonyl (C=S) groups is 1. The Labute approximate surface area is 129 Å². The summed E-state index contributed by atoms with van der Waals surface area (Å²) in [5.41, 5.74) is 1.36. The lowest BCUT2D eigenvalue weighted by Gasteiger charge is -2.21. The van der Waals surface area contributed by atoms with Crippen LogP contribution in [-0.2, 0) is 0 Å². The van der Waals surface area contributed by atoms with Crippen molar-refractivity contribution in [3.63, 3.8) is 0 Å². The minimum Gasteiger partial charge on any atom is -0.333 e. The lowest BCUT2D eigenvalue weighted by atomic mass is 10.1. The molecule has 21 heavy (non-hydrogen) atoms.